The average molecular weight is 599 g/mol. The van der Waals surface area contributed by atoms with E-state index in [1.807, 2.05) is 24.3 Å². The predicted molar refractivity (Wildman–Crippen MR) is 133 cm³/mol. The Balaban J connectivity index is 1.17. The number of carbonyl (C=O) groups excluding carboxylic acids is 1. The van der Waals surface area contributed by atoms with Gasteiger partial charge in [0, 0.05) is 70.0 Å². The van der Waals surface area contributed by atoms with E-state index in [0.29, 0.717) is 32.7 Å². The topological polar surface area (TPSA) is 73.4 Å². The minimum atomic E-state index is -5.74. The standard InChI is InChI=1S/C25H32F6N4O4S/c1-40(37,38)35-9-7-23(16-35)6-8-33(15-23)20-5-3-2-4-17(20)10-32-11-18-13-34(14-19(18)12-32)22(36)39-21(24(26,27)28)25(29,30)31/h2-5,18-19,21H,6-16H2,1H3. The molecule has 0 aliphatic carbocycles. The van der Waals surface area contributed by atoms with Gasteiger partial charge >= 0.3 is 18.4 Å². The fourth-order valence-corrected chi connectivity index (χ4v) is 7.64. The summed E-state index contributed by atoms with van der Waals surface area (Å²) < 4.78 is 106. The normalized spacial score (nSPS) is 28.3. The van der Waals surface area contributed by atoms with Crippen LogP contribution in [0.2, 0.25) is 0 Å². The molecule has 1 aromatic rings. The van der Waals surface area contributed by atoms with Crippen LogP contribution in [0.1, 0.15) is 18.4 Å². The zero-order valence-electron chi connectivity index (χ0n) is 21.9. The van der Waals surface area contributed by atoms with E-state index < -0.39 is 34.6 Å². The Morgan fingerprint density at radius 1 is 0.975 bits per heavy atom. The highest BCUT2D eigenvalue weighted by molar-refractivity contribution is 7.88. The van der Waals surface area contributed by atoms with Crippen LogP contribution in [0.25, 0.3) is 0 Å². The lowest BCUT2D eigenvalue weighted by Crippen LogP contribution is -2.48. The van der Waals surface area contributed by atoms with Gasteiger partial charge < -0.3 is 14.5 Å². The van der Waals surface area contributed by atoms with Crippen LogP contribution in [-0.4, -0.2) is 106 Å². The number of halogens is 6. The number of carbonyl (C=O) groups is 1. The first-order chi connectivity index (χ1) is 18.5. The first kappa shape index (κ1) is 29.2. The molecule has 4 fully saturated rings. The number of alkyl halides is 6. The smallest absolute Gasteiger partial charge is 0.426 e. The minimum absolute atomic E-state index is 0.0373. The molecular formula is C25H32F6N4O4S. The molecule has 0 saturated carbocycles. The van der Waals surface area contributed by atoms with Gasteiger partial charge in [0.2, 0.25) is 10.0 Å². The van der Waals surface area contributed by atoms with E-state index in [-0.39, 0.29) is 30.3 Å². The molecule has 15 heteroatoms. The molecule has 0 bridgehead atoms. The number of ether oxygens (including phenoxy) is 1. The molecule has 5 rings (SSSR count). The summed E-state index contributed by atoms with van der Waals surface area (Å²) in [5.41, 5.74) is 2.09. The number of hydrogen-bond acceptors (Lipinski definition) is 6. The van der Waals surface area contributed by atoms with Gasteiger partial charge in [-0.3, -0.25) is 4.90 Å². The maximum absolute atomic E-state index is 12.8. The maximum atomic E-state index is 12.8. The summed E-state index contributed by atoms with van der Waals surface area (Å²) in [6.07, 6.45) is -14.3. The minimum Gasteiger partial charge on any atom is -0.426 e. The lowest BCUT2D eigenvalue weighted by molar-refractivity contribution is -0.308. The zero-order valence-corrected chi connectivity index (χ0v) is 22.7. The number of fused-ring (bicyclic) bond motifs is 1. The highest BCUT2D eigenvalue weighted by atomic mass is 32.2. The fourth-order valence-electron chi connectivity index (χ4n) is 6.71. The highest BCUT2D eigenvalue weighted by Gasteiger charge is 2.60. The second-order valence-corrected chi connectivity index (χ2v) is 13.6. The summed E-state index contributed by atoms with van der Waals surface area (Å²) in [7, 11) is -3.23. The molecule has 1 aromatic carbocycles. The van der Waals surface area contributed by atoms with Crippen LogP contribution in [0.4, 0.5) is 36.8 Å². The first-order valence-corrected chi connectivity index (χ1v) is 15.0. The van der Waals surface area contributed by atoms with E-state index >= 15 is 0 Å². The monoisotopic (exact) mass is 598 g/mol. The van der Waals surface area contributed by atoms with Crippen molar-refractivity contribution in [3.05, 3.63) is 29.8 Å². The van der Waals surface area contributed by atoms with Crippen molar-refractivity contribution in [3.8, 4) is 0 Å². The van der Waals surface area contributed by atoms with Crippen molar-refractivity contribution in [2.75, 3.05) is 63.5 Å². The molecule has 4 aliphatic rings. The van der Waals surface area contributed by atoms with E-state index in [4.69, 9.17) is 0 Å². The Labute approximate surface area is 228 Å². The van der Waals surface area contributed by atoms with Gasteiger partial charge in [-0.05, 0) is 36.3 Å². The van der Waals surface area contributed by atoms with Crippen LogP contribution in [0.5, 0.6) is 0 Å². The number of anilines is 1. The molecule has 40 heavy (non-hydrogen) atoms. The van der Waals surface area contributed by atoms with E-state index in [1.165, 1.54) is 6.26 Å². The van der Waals surface area contributed by atoms with Crippen molar-refractivity contribution in [2.24, 2.45) is 17.3 Å². The van der Waals surface area contributed by atoms with Crippen LogP contribution < -0.4 is 4.90 Å². The Hall–Kier alpha value is -2.26. The molecule has 0 N–H and O–H groups in total. The van der Waals surface area contributed by atoms with Crippen molar-refractivity contribution < 1.29 is 44.3 Å². The number of para-hydroxylation sites is 1. The Morgan fingerprint density at radius 3 is 2.15 bits per heavy atom. The Bertz CT molecular complexity index is 1200. The number of rotatable bonds is 5. The molecule has 4 saturated heterocycles. The SMILES string of the molecule is CS(=O)(=O)N1CCC2(CCN(c3ccccc3CN3CC4CN(C(=O)OC(C(F)(F)F)C(F)(F)F)CC4C3)C2)C1. The van der Waals surface area contributed by atoms with E-state index in [2.05, 4.69) is 14.5 Å². The highest BCUT2D eigenvalue weighted by Crippen LogP contribution is 2.43. The van der Waals surface area contributed by atoms with Crippen LogP contribution in [0.3, 0.4) is 0 Å². The summed E-state index contributed by atoms with van der Waals surface area (Å²) in [6.45, 7) is 4.41. The maximum Gasteiger partial charge on any atom is 0.434 e. The molecule has 4 aliphatic heterocycles. The Morgan fingerprint density at radius 2 is 1.57 bits per heavy atom. The van der Waals surface area contributed by atoms with Gasteiger partial charge in [0.05, 0.1) is 6.26 Å². The Kier molecular flexibility index (Phi) is 7.48. The van der Waals surface area contributed by atoms with E-state index in [0.717, 1.165) is 42.1 Å². The predicted octanol–water partition coefficient (Wildman–Crippen LogP) is 3.54. The number of nitrogens with zero attached hydrogens (tertiary/aromatic N) is 4. The van der Waals surface area contributed by atoms with Crippen molar-refractivity contribution in [1.29, 1.82) is 0 Å². The number of likely N-dealkylation sites (tertiary alicyclic amines) is 2. The molecule has 224 valence electrons. The quantitative estimate of drug-likeness (QED) is 0.483. The molecule has 1 spiro atoms. The molecular weight excluding hydrogens is 566 g/mol. The third-order valence-electron chi connectivity index (χ3n) is 8.67. The van der Waals surface area contributed by atoms with Crippen molar-refractivity contribution in [1.82, 2.24) is 14.1 Å². The molecule has 3 atom stereocenters. The summed E-state index contributed by atoms with van der Waals surface area (Å²) in [4.78, 5) is 17.6. The largest absolute Gasteiger partial charge is 0.434 e. The molecule has 3 unspecified atom stereocenters. The van der Waals surface area contributed by atoms with Crippen LogP contribution in [0.15, 0.2) is 24.3 Å². The van der Waals surface area contributed by atoms with Gasteiger partial charge in [-0.1, -0.05) is 18.2 Å². The number of hydrogen-bond donors (Lipinski definition) is 0. The number of sulfonamides is 1. The van der Waals surface area contributed by atoms with Crippen LogP contribution in [-0.2, 0) is 21.3 Å². The van der Waals surface area contributed by atoms with Gasteiger partial charge in [0.15, 0.2) is 0 Å². The summed E-state index contributed by atoms with van der Waals surface area (Å²) >= 11 is 0. The third kappa shape index (κ3) is 6.01. The molecule has 1 amide bonds. The van der Waals surface area contributed by atoms with Gasteiger partial charge in [0.25, 0.3) is 6.10 Å². The molecule has 0 radical (unpaired) electrons. The summed E-state index contributed by atoms with van der Waals surface area (Å²) in [5, 5.41) is 0. The second kappa shape index (κ2) is 10.2. The van der Waals surface area contributed by atoms with Crippen molar-refractivity contribution >= 4 is 21.8 Å². The zero-order chi connectivity index (χ0) is 29.1. The van der Waals surface area contributed by atoms with Gasteiger partial charge in [-0.25, -0.2) is 17.5 Å². The molecule has 0 aromatic heterocycles. The third-order valence-corrected chi connectivity index (χ3v) is 9.92. The van der Waals surface area contributed by atoms with E-state index in [1.54, 1.807) is 4.31 Å². The lowest BCUT2D eigenvalue weighted by atomic mass is 9.86. The van der Waals surface area contributed by atoms with Gasteiger partial charge in [0.1, 0.15) is 0 Å². The number of benzene rings is 1. The van der Waals surface area contributed by atoms with Gasteiger partial charge in [-0.15, -0.1) is 0 Å². The summed E-state index contributed by atoms with van der Waals surface area (Å²) in [6, 6.07) is 7.98. The fraction of sp³-hybridized carbons (Fsp3) is 0.720. The van der Waals surface area contributed by atoms with Gasteiger partial charge in [-0.2, -0.15) is 26.3 Å². The van der Waals surface area contributed by atoms with Crippen molar-refractivity contribution in [2.45, 2.75) is 37.8 Å². The second-order valence-electron chi connectivity index (χ2n) is 11.6. The van der Waals surface area contributed by atoms with E-state index in [9.17, 15) is 39.6 Å². The molecule has 8 nitrogen and oxygen atoms in total. The lowest BCUT2D eigenvalue weighted by Gasteiger charge is -2.28. The average Bonchev–Trinajstić information content (AvgIpc) is 3.60. The van der Waals surface area contributed by atoms with Crippen LogP contribution in [0, 0.1) is 17.3 Å². The van der Waals surface area contributed by atoms with Crippen LogP contribution >= 0.6 is 0 Å². The van der Waals surface area contributed by atoms with Crippen molar-refractivity contribution in [3.63, 3.8) is 0 Å². The summed E-state index contributed by atoms with van der Waals surface area (Å²) in [5.74, 6) is -0.157. The molecule has 4 heterocycles. The first-order valence-electron chi connectivity index (χ1n) is 13.1. The number of amides is 1.